The van der Waals surface area contributed by atoms with Gasteiger partial charge in [-0.15, -0.1) is 0 Å². The molecule has 4 rings (SSSR count). The van der Waals surface area contributed by atoms with E-state index in [1.165, 1.54) is 17.5 Å². The monoisotopic (exact) mass is 398 g/mol. The number of hydrogen-bond donors (Lipinski definition) is 2. The minimum atomic E-state index is -0.924. The van der Waals surface area contributed by atoms with E-state index in [-0.39, 0.29) is 23.5 Å². The van der Waals surface area contributed by atoms with Gasteiger partial charge in [0.05, 0.1) is 6.10 Å². The van der Waals surface area contributed by atoms with Crippen molar-refractivity contribution in [3.8, 4) is 0 Å². The van der Waals surface area contributed by atoms with Gasteiger partial charge in [-0.05, 0) is 67.6 Å². The standard InChI is InChI=1S/C24H34N2O3/c1-4-16(3)10-13-29-19-8-11-23(12-9-19)15-18-7-6-17(5-2)14-20(18)24(23)21(27)25-22(28)26-24/h6-7,14,16,19H,4-5,8-13,15H2,1-3H3,(H2,25,26,27,28). The number of amides is 3. The fourth-order valence-corrected chi connectivity index (χ4v) is 5.65. The molecule has 29 heavy (non-hydrogen) atoms. The molecule has 0 aromatic heterocycles. The summed E-state index contributed by atoms with van der Waals surface area (Å²) in [5.41, 5.74) is 2.24. The molecule has 1 heterocycles. The Morgan fingerprint density at radius 3 is 2.59 bits per heavy atom. The van der Waals surface area contributed by atoms with Gasteiger partial charge >= 0.3 is 6.03 Å². The highest BCUT2D eigenvalue weighted by molar-refractivity contribution is 6.08. The quantitative estimate of drug-likeness (QED) is 0.705. The lowest BCUT2D eigenvalue weighted by Crippen LogP contribution is -2.56. The van der Waals surface area contributed by atoms with E-state index in [1.54, 1.807) is 0 Å². The van der Waals surface area contributed by atoms with E-state index in [0.717, 1.165) is 57.1 Å². The predicted molar refractivity (Wildman–Crippen MR) is 113 cm³/mol. The number of rotatable bonds is 6. The maximum absolute atomic E-state index is 13.2. The first-order chi connectivity index (χ1) is 13.9. The molecule has 2 atom stereocenters. The smallest absolute Gasteiger partial charge is 0.322 e. The highest BCUT2D eigenvalue weighted by Gasteiger charge is 2.66. The molecule has 1 saturated heterocycles. The SMILES string of the molecule is CCc1ccc2c(c1)C1(NC(=O)NC1=O)C1(CCC(OCCC(C)CC)CC1)C2. The zero-order valence-corrected chi connectivity index (χ0v) is 18.0. The van der Waals surface area contributed by atoms with Gasteiger partial charge in [-0.3, -0.25) is 10.1 Å². The summed E-state index contributed by atoms with van der Waals surface area (Å²) in [6, 6.07) is 6.10. The molecule has 1 aromatic rings. The number of aryl methyl sites for hydroxylation is 1. The van der Waals surface area contributed by atoms with Crippen LogP contribution >= 0.6 is 0 Å². The average molecular weight is 399 g/mol. The summed E-state index contributed by atoms with van der Waals surface area (Å²) in [5, 5.41) is 5.63. The highest BCUT2D eigenvalue weighted by atomic mass is 16.5. The number of imide groups is 1. The molecule has 2 spiro atoms. The third-order valence-electron chi connectivity index (χ3n) is 7.73. The molecule has 3 aliphatic rings. The Hall–Kier alpha value is -1.88. The number of benzene rings is 1. The Morgan fingerprint density at radius 2 is 1.97 bits per heavy atom. The van der Waals surface area contributed by atoms with Crippen molar-refractivity contribution in [2.75, 3.05) is 6.61 Å². The zero-order chi connectivity index (χ0) is 20.6. The second-order valence-corrected chi connectivity index (χ2v) is 9.33. The van der Waals surface area contributed by atoms with Crippen molar-refractivity contribution >= 4 is 11.9 Å². The summed E-state index contributed by atoms with van der Waals surface area (Å²) in [6.07, 6.45) is 7.99. The maximum atomic E-state index is 13.2. The van der Waals surface area contributed by atoms with Crippen LogP contribution in [0.5, 0.6) is 0 Å². The molecule has 1 aliphatic heterocycles. The molecule has 0 radical (unpaired) electrons. The Labute approximate surface area is 174 Å². The number of hydrogen-bond acceptors (Lipinski definition) is 3. The van der Waals surface area contributed by atoms with Gasteiger partial charge in [0.15, 0.2) is 5.54 Å². The molecule has 2 unspecified atom stereocenters. The van der Waals surface area contributed by atoms with Gasteiger partial charge in [-0.1, -0.05) is 45.4 Å². The third kappa shape index (κ3) is 3.27. The molecule has 0 bridgehead atoms. The van der Waals surface area contributed by atoms with E-state index >= 15 is 0 Å². The second kappa shape index (κ2) is 7.75. The van der Waals surface area contributed by atoms with Gasteiger partial charge < -0.3 is 10.1 Å². The number of fused-ring (bicyclic) bond motifs is 3. The van der Waals surface area contributed by atoms with Crippen molar-refractivity contribution in [1.29, 1.82) is 0 Å². The highest BCUT2D eigenvalue weighted by Crippen LogP contribution is 2.59. The van der Waals surface area contributed by atoms with Gasteiger partial charge in [0.25, 0.3) is 5.91 Å². The van der Waals surface area contributed by atoms with E-state index in [0.29, 0.717) is 5.92 Å². The first-order valence-corrected chi connectivity index (χ1v) is 11.3. The van der Waals surface area contributed by atoms with E-state index < -0.39 is 5.54 Å². The Morgan fingerprint density at radius 1 is 1.21 bits per heavy atom. The van der Waals surface area contributed by atoms with Crippen LogP contribution in [0.3, 0.4) is 0 Å². The van der Waals surface area contributed by atoms with E-state index in [4.69, 9.17) is 4.74 Å². The van der Waals surface area contributed by atoms with Crippen LogP contribution in [0.15, 0.2) is 18.2 Å². The first-order valence-electron chi connectivity index (χ1n) is 11.3. The normalized spacial score (nSPS) is 31.8. The summed E-state index contributed by atoms with van der Waals surface area (Å²) in [4.78, 5) is 25.4. The Balaban J connectivity index is 1.56. The molecule has 5 nitrogen and oxygen atoms in total. The summed E-state index contributed by atoms with van der Waals surface area (Å²) >= 11 is 0. The lowest BCUT2D eigenvalue weighted by atomic mass is 9.61. The van der Waals surface area contributed by atoms with Crippen LogP contribution in [0, 0.1) is 11.3 Å². The van der Waals surface area contributed by atoms with Gasteiger partial charge in [0.2, 0.25) is 0 Å². The van der Waals surface area contributed by atoms with E-state index in [2.05, 4.69) is 49.6 Å². The molecule has 1 saturated carbocycles. The minimum Gasteiger partial charge on any atom is -0.378 e. The van der Waals surface area contributed by atoms with E-state index in [1.807, 2.05) is 0 Å². The molecule has 3 amide bonds. The molecule has 158 valence electrons. The van der Waals surface area contributed by atoms with E-state index in [9.17, 15) is 9.59 Å². The molecular weight excluding hydrogens is 364 g/mol. The van der Waals surface area contributed by atoms with Crippen molar-refractivity contribution in [1.82, 2.24) is 10.6 Å². The van der Waals surface area contributed by atoms with Crippen LogP contribution in [-0.2, 0) is 27.9 Å². The number of carbonyl (C=O) groups is 2. The number of carbonyl (C=O) groups excluding carboxylic acids is 2. The van der Waals surface area contributed by atoms with Crippen LogP contribution in [0.2, 0.25) is 0 Å². The van der Waals surface area contributed by atoms with Crippen LogP contribution in [0.1, 0.15) is 76.0 Å². The summed E-state index contributed by atoms with van der Waals surface area (Å²) in [5.74, 6) is 0.522. The van der Waals surface area contributed by atoms with Crippen molar-refractivity contribution < 1.29 is 14.3 Å². The molecule has 5 heteroatoms. The second-order valence-electron chi connectivity index (χ2n) is 9.33. The maximum Gasteiger partial charge on any atom is 0.322 e. The van der Waals surface area contributed by atoms with Gasteiger partial charge in [0, 0.05) is 12.0 Å². The first kappa shape index (κ1) is 20.4. The molecule has 2 aliphatic carbocycles. The van der Waals surface area contributed by atoms with Gasteiger partial charge in [-0.25, -0.2) is 4.79 Å². The number of urea groups is 1. The molecule has 1 aromatic carbocycles. The summed E-state index contributed by atoms with van der Waals surface area (Å²) in [7, 11) is 0. The minimum absolute atomic E-state index is 0.175. The van der Waals surface area contributed by atoms with Crippen LogP contribution in [0.4, 0.5) is 4.79 Å². The van der Waals surface area contributed by atoms with Crippen molar-refractivity contribution in [3.63, 3.8) is 0 Å². The third-order valence-corrected chi connectivity index (χ3v) is 7.73. The fourth-order valence-electron chi connectivity index (χ4n) is 5.65. The van der Waals surface area contributed by atoms with Crippen molar-refractivity contribution in [2.45, 2.75) is 83.8 Å². The average Bonchev–Trinajstić information content (AvgIpc) is 3.17. The predicted octanol–water partition coefficient (Wildman–Crippen LogP) is 4.22. The lowest BCUT2D eigenvalue weighted by molar-refractivity contribution is -0.131. The number of ether oxygens (including phenoxy) is 1. The lowest BCUT2D eigenvalue weighted by Gasteiger charge is -2.46. The topological polar surface area (TPSA) is 67.4 Å². The summed E-state index contributed by atoms with van der Waals surface area (Å²) < 4.78 is 6.18. The van der Waals surface area contributed by atoms with Crippen molar-refractivity contribution in [3.05, 3.63) is 34.9 Å². The molecular formula is C24H34N2O3. The van der Waals surface area contributed by atoms with Gasteiger partial charge in [-0.2, -0.15) is 0 Å². The zero-order valence-electron chi connectivity index (χ0n) is 18.0. The van der Waals surface area contributed by atoms with Gasteiger partial charge in [0.1, 0.15) is 0 Å². The fraction of sp³-hybridized carbons (Fsp3) is 0.667. The largest absolute Gasteiger partial charge is 0.378 e. The summed E-state index contributed by atoms with van der Waals surface area (Å²) in [6.45, 7) is 7.42. The van der Waals surface area contributed by atoms with Crippen LogP contribution in [0.25, 0.3) is 0 Å². The number of nitrogens with one attached hydrogen (secondary N) is 2. The van der Waals surface area contributed by atoms with Crippen molar-refractivity contribution in [2.24, 2.45) is 11.3 Å². The van der Waals surface area contributed by atoms with Crippen LogP contribution < -0.4 is 10.6 Å². The molecule has 2 fully saturated rings. The Bertz CT molecular complexity index is 797. The van der Waals surface area contributed by atoms with Crippen LogP contribution in [-0.4, -0.2) is 24.6 Å². The Kier molecular flexibility index (Phi) is 5.45. The molecule has 2 N–H and O–H groups in total.